The molecule has 2 aromatic rings. The zero-order valence-corrected chi connectivity index (χ0v) is 15.7. The first-order valence-corrected chi connectivity index (χ1v) is 9.19. The van der Waals surface area contributed by atoms with Crippen LogP contribution >= 0.6 is 0 Å². The van der Waals surface area contributed by atoms with Crippen molar-refractivity contribution in [2.75, 3.05) is 10.0 Å². The van der Waals surface area contributed by atoms with Crippen LogP contribution in [0.3, 0.4) is 0 Å². The van der Waals surface area contributed by atoms with E-state index in [0.717, 1.165) is 6.42 Å². The van der Waals surface area contributed by atoms with E-state index in [4.69, 9.17) is 10.2 Å². The number of amides is 2. The average molecular weight is 396 g/mol. The Balaban J connectivity index is 2.03. The topological polar surface area (TPSA) is 115 Å². The first kappa shape index (κ1) is 20.1. The lowest BCUT2D eigenvalue weighted by Gasteiger charge is -2.27. The Labute approximate surface area is 166 Å². The highest BCUT2D eigenvalue weighted by atomic mass is 16.4. The number of nitrogens with zero attached hydrogens (tertiary/aromatic N) is 2. The summed E-state index contributed by atoms with van der Waals surface area (Å²) >= 11 is 0. The maximum Gasteiger partial charge on any atom is 0.335 e. The summed E-state index contributed by atoms with van der Waals surface area (Å²) in [5, 5.41) is 20.6. The fourth-order valence-corrected chi connectivity index (χ4v) is 3.23. The Morgan fingerprint density at radius 1 is 0.793 bits per heavy atom. The van der Waals surface area contributed by atoms with E-state index in [9.17, 15) is 19.2 Å². The quantitative estimate of drug-likeness (QED) is 0.695. The molecule has 2 aromatic carbocycles. The van der Waals surface area contributed by atoms with Gasteiger partial charge in [-0.25, -0.2) is 19.6 Å². The minimum absolute atomic E-state index is 0.0617. The van der Waals surface area contributed by atoms with Gasteiger partial charge in [0.15, 0.2) is 0 Å². The molecule has 8 heteroatoms. The molecular formula is C21H20N2O6. The third-order valence-corrected chi connectivity index (χ3v) is 4.78. The summed E-state index contributed by atoms with van der Waals surface area (Å²) in [6.45, 7) is 1.97. The van der Waals surface area contributed by atoms with Crippen molar-refractivity contribution >= 4 is 35.1 Å². The second-order valence-corrected chi connectivity index (χ2v) is 6.70. The molecule has 1 heterocycles. The van der Waals surface area contributed by atoms with Crippen molar-refractivity contribution in [3.05, 3.63) is 59.7 Å². The number of unbranched alkanes of at least 4 members (excludes halogenated alkanes) is 1. The highest BCUT2D eigenvalue weighted by Gasteiger charge is 2.46. The molecule has 150 valence electrons. The molecule has 1 aliphatic rings. The molecule has 2 N–H and O–H groups in total. The van der Waals surface area contributed by atoms with Gasteiger partial charge in [0, 0.05) is 0 Å². The predicted octanol–water partition coefficient (Wildman–Crippen LogP) is 3.18. The van der Waals surface area contributed by atoms with Gasteiger partial charge in [0.05, 0.1) is 22.5 Å². The van der Waals surface area contributed by atoms with Crippen LogP contribution in [0.4, 0.5) is 11.4 Å². The molecule has 0 bridgehead atoms. The predicted molar refractivity (Wildman–Crippen MR) is 105 cm³/mol. The summed E-state index contributed by atoms with van der Waals surface area (Å²) in [6, 6.07) is 11.3. The minimum Gasteiger partial charge on any atom is -0.478 e. The summed E-state index contributed by atoms with van der Waals surface area (Å²) in [6.07, 6.45) is 1.94. The summed E-state index contributed by atoms with van der Waals surface area (Å²) in [7, 11) is 0. The van der Waals surface area contributed by atoms with Gasteiger partial charge in [-0.3, -0.25) is 9.59 Å². The standard InChI is InChI=1S/C21H20N2O6/c1-2-3-4-17-18(24)22(15-9-5-13(6-10-15)20(26)27)23(19(17)25)16-11-7-14(8-12-16)21(28)29/h5-12,17H,2-4H2,1H3,(H,26,27)(H,28,29). The summed E-state index contributed by atoms with van der Waals surface area (Å²) in [4.78, 5) is 48.3. The van der Waals surface area contributed by atoms with Crippen LogP contribution in [0.15, 0.2) is 48.5 Å². The van der Waals surface area contributed by atoms with E-state index < -0.39 is 29.7 Å². The lowest BCUT2D eigenvalue weighted by atomic mass is 10.0. The monoisotopic (exact) mass is 396 g/mol. The van der Waals surface area contributed by atoms with E-state index >= 15 is 0 Å². The van der Waals surface area contributed by atoms with Gasteiger partial charge < -0.3 is 10.2 Å². The third-order valence-electron chi connectivity index (χ3n) is 4.78. The molecule has 1 aliphatic heterocycles. The Hall–Kier alpha value is -3.68. The van der Waals surface area contributed by atoms with E-state index in [0.29, 0.717) is 24.2 Å². The van der Waals surface area contributed by atoms with E-state index in [1.54, 1.807) is 0 Å². The number of hydrogen-bond acceptors (Lipinski definition) is 4. The highest BCUT2D eigenvalue weighted by molar-refractivity contribution is 6.23. The number of carbonyl (C=O) groups is 4. The van der Waals surface area contributed by atoms with Crippen LogP contribution in [0.25, 0.3) is 0 Å². The molecule has 2 amide bonds. The summed E-state index contributed by atoms with van der Waals surface area (Å²) in [5.74, 6) is -3.82. The van der Waals surface area contributed by atoms with Crippen LogP contribution < -0.4 is 10.0 Å². The first-order valence-electron chi connectivity index (χ1n) is 9.19. The van der Waals surface area contributed by atoms with E-state index in [1.165, 1.54) is 58.5 Å². The van der Waals surface area contributed by atoms with Crippen LogP contribution in [0, 0.1) is 5.92 Å². The number of benzene rings is 2. The average Bonchev–Trinajstić information content (AvgIpc) is 2.96. The van der Waals surface area contributed by atoms with Crippen molar-refractivity contribution in [3.8, 4) is 0 Å². The second kappa shape index (κ2) is 8.14. The lowest BCUT2D eigenvalue weighted by Crippen LogP contribution is -2.41. The van der Waals surface area contributed by atoms with Gasteiger partial charge in [-0.1, -0.05) is 19.8 Å². The van der Waals surface area contributed by atoms with Crippen molar-refractivity contribution in [1.29, 1.82) is 0 Å². The number of carboxylic acids is 2. The van der Waals surface area contributed by atoms with Gasteiger partial charge in [0.25, 0.3) is 11.8 Å². The number of carbonyl (C=O) groups excluding carboxylic acids is 2. The molecule has 8 nitrogen and oxygen atoms in total. The molecule has 0 spiro atoms. The van der Waals surface area contributed by atoms with Crippen LogP contribution in [0.5, 0.6) is 0 Å². The second-order valence-electron chi connectivity index (χ2n) is 6.70. The third kappa shape index (κ3) is 3.82. The van der Waals surface area contributed by atoms with Gasteiger partial charge in [-0.15, -0.1) is 0 Å². The largest absolute Gasteiger partial charge is 0.478 e. The van der Waals surface area contributed by atoms with Gasteiger partial charge in [-0.2, -0.15) is 0 Å². The maximum absolute atomic E-state index is 13.1. The number of hydrogen-bond donors (Lipinski definition) is 2. The molecule has 1 saturated heterocycles. The smallest absolute Gasteiger partial charge is 0.335 e. The van der Waals surface area contributed by atoms with Crippen LogP contribution in [0.1, 0.15) is 46.9 Å². The Morgan fingerprint density at radius 2 is 1.17 bits per heavy atom. The molecule has 0 atom stereocenters. The van der Waals surface area contributed by atoms with E-state index in [1.807, 2.05) is 6.92 Å². The van der Waals surface area contributed by atoms with Crippen molar-refractivity contribution in [2.45, 2.75) is 26.2 Å². The molecular weight excluding hydrogens is 376 g/mol. The summed E-state index contributed by atoms with van der Waals surface area (Å²) in [5.41, 5.74) is 0.836. The normalized spacial score (nSPS) is 14.5. The zero-order valence-electron chi connectivity index (χ0n) is 15.7. The molecule has 0 aliphatic carbocycles. The SMILES string of the molecule is CCCCC1C(=O)N(c2ccc(C(=O)O)cc2)N(c2ccc(C(=O)O)cc2)C1=O. The van der Waals surface area contributed by atoms with Gasteiger partial charge in [0.2, 0.25) is 0 Å². The van der Waals surface area contributed by atoms with Crippen LogP contribution in [-0.2, 0) is 9.59 Å². The van der Waals surface area contributed by atoms with Gasteiger partial charge in [-0.05, 0) is 55.0 Å². The zero-order chi connectivity index (χ0) is 21.1. The fraction of sp³-hybridized carbons (Fsp3) is 0.238. The van der Waals surface area contributed by atoms with E-state index in [2.05, 4.69) is 0 Å². The molecule has 1 fully saturated rings. The van der Waals surface area contributed by atoms with E-state index in [-0.39, 0.29) is 11.1 Å². The Kier molecular flexibility index (Phi) is 5.63. The summed E-state index contributed by atoms with van der Waals surface area (Å²) < 4.78 is 0. The Morgan fingerprint density at radius 3 is 1.48 bits per heavy atom. The van der Waals surface area contributed by atoms with Crippen molar-refractivity contribution in [1.82, 2.24) is 0 Å². The Bertz CT molecular complexity index is 877. The number of aromatic carboxylic acids is 2. The number of carboxylic acid groups (broad SMARTS) is 2. The van der Waals surface area contributed by atoms with Crippen molar-refractivity contribution in [2.24, 2.45) is 5.92 Å². The minimum atomic E-state index is -1.10. The molecule has 0 radical (unpaired) electrons. The van der Waals surface area contributed by atoms with Crippen LogP contribution in [-0.4, -0.2) is 34.0 Å². The van der Waals surface area contributed by atoms with Crippen LogP contribution in [0.2, 0.25) is 0 Å². The lowest BCUT2D eigenvalue weighted by molar-refractivity contribution is -0.127. The van der Waals surface area contributed by atoms with Gasteiger partial charge in [0.1, 0.15) is 5.92 Å². The van der Waals surface area contributed by atoms with Gasteiger partial charge >= 0.3 is 11.9 Å². The maximum atomic E-state index is 13.1. The molecule has 3 rings (SSSR count). The molecule has 0 saturated carbocycles. The van der Waals surface area contributed by atoms with Crippen molar-refractivity contribution < 1.29 is 29.4 Å². The fourth-order valence-electron chi connectivity index (χ4n) is 3.23. The molecule has 0 unspecified atom stereocenters. The number of anilines is 2. The first-order chi connectivity index (χ1) is 13.8. The number of hydrazine groups is 1. The van der Waals surface area contributed by atoms with Crippen molar-refractivity contribution in [3.63, 3.8) is 0 Å². The highest BCUT2D eigenvalue weighted by Crippen LogP contribution is 2.34. The number of rotatable bonds is 7. The molecule has 29 heavy (non-hydrogen) atoms. The molecule has 0 aromatic heterocycles.